The van der Waals surface area contributed by atoms with E-state index in [1.165, 1.54) is 238 Å². The van der Waals surface area contributed by atoms with Gasteiger partial charge in [0, 0.05) is 6.42 Å². The summed E-state index contributed by atoms with van der Waals surface area (Å²) in [6.07, 6.45) is 52.8. The van der Waals surface area contributed by atoms with Gasteiger partial charge in [-0.05, 0) is 19.3 Å². The Labute approximate surface area is 414 Å². The first-order valence-electron chi connectivity index (χ1n) is 29.4. The topological polar surface area (TPSA) is 149 Å². The number of aliphatic hydroxyl groups excluding tert-OH is 5. The minimum Gasteiger partial charge on any atom is -0.394 e. The Morgan fingerprint density at radius 2 is 0.821 bits per heavy atom. The molecule has 1 aliphatic heterocycles. The Morgan fingerprint density at radius 3 is 1.16 bits per heavy atom. The zero-order valence-corrected chi connectivity index (χ0v) is 44.2. The normalized spacial score (nSPS) is 19.7. The monoisotopic (exact) mass is 952 g/mol. The van der Waals surface area contributed by atoms with E-state index in [1.54, 1.807) is 6.08 Å². The fraction of sp³-hybridized carbons (Fsp3) is 0.948. The summed E-state index contributed by atoms with van der Waals surface area (Å²) < 4.78 is 11.3. The second-order valence-corrected chi connectivity index (χ2v) is 20.8. The molecule has 1 amide bonds. The number of nitrogens with one attached hydrogen (secondary N) is 1. The van der Waals surface area contributed by atoms with Crippen molar-refractivity contribution in [3.8, 4) is 0 Å². The lowest BCUT2D eigenvalue weighted by molar-refractivity contribution is -0.302. The van der Waals surface area contributed by atoms with E-state index in [9.17, 15) is 30.3 Å². The highest BCUT2D eigenvalue weighted by Gasteiger charge is 2.44. The Hall–Kier alpha value is -1.07. The molecular formula is C58H113NO8. The molecule has 0 radical (unpaired) electrons. The van der Waals surface area contributed by atoms with Crippen LogP contribution in [0.2, 0.25) is 0 Å². The molecular weight excluding hydrogens is 839 g/mol. The van der Waals surface area contributed by atoms with Gasteiger partial charge in [0.25, 0.3) is 0 Å². The third-order valence-corrected chi connectivity index (χ3v) is 14.4. The largest absolute Gasteiger partial charge is 0.394 e. The van der Waals surface area contributed by atoms with Gasteiger partial charge in [-0.1, -0.05) is 283 Å². The van der Waals surface area contributed by atoms with Crippen LogP contribution in [0.5, 0.6) is 0 Å². The number of amides is 1. The molecule has 398 valence electrons. The number of allylic oxidation sites excluding steroid dienone is 1. The smallest absolute Gasteiger partial charge is 0.220 e. The molecule has 1 rings (SSSR count). The number of carbonyl (C=O) groups excluding carboxylic acids is 1. The van der Waals surface area contributed by atoms with Crippen LogP contribution < -0.4 is 5.32 Å². The van der Waals surface area contributed by atoms with Crippen molar-refractivity contribution in [3.05, 3.63) is 12.2 Å². The summed E-state index contributed by atoms with van der Waals surface area (Å²) in [7, 11) is 0. The molecule has 1 saturated heterocycles. The molecule has 0 spiro atoms. The molecule has 67 heavy (non-hydrogen) atoms. The molecule has 7 unspecified atom stereocenters. The Kier molecular flexibility index (Phi) is 46.3. The standard InChI is InChI=1S/C58H113NO8/c1-3-5-7-9-11-13-15-17-19-21-23-25-26-27-28-29-31-33-35-37-39-41-43-45-47-52(61)51(50-66-58-57(65)56(64)55(63)53(49-60)67-58)59-54(62)48-46-44-42-40-38-36-34-32-30-24-22-20-18-16-14-12-10-8-6-4-2/h45,47,51-53,55-58,60-61,63-65H,3-44,46,48-50H2,1-2H3,(H,59,62)/b47-45+. The van der Waals surface area contributed by atoms with E-state index in [1.807, 2.05) is 6.08 Å². The molecule has 0 aromatic carbocycles. The van der Waals surface area contributed by atoms with Crippen LogP contribution in [-0.4, -0.2) is 87.5 Å². The van der Waals surface area contributed by atoms with Crippen LogP contribution in [0, 0.1) is 0 Å². The maximum absolute atomic E-state index is 13.1. The van der Waals surface area contributed by atoms with E-state index < -0.39 is 49.5 Å². The predicted octanol–water partition coefficient (Wildman–Crippen LogP) is 14.4. The van der Waals surface area contributed by atoms with Crippen LogP contribution >= 0.6 is 0 Å². The van der Waals surface area contributed by atoms with Crippen LogP contribution in [0.4, 0.5) is 0 Å². The number of carbonyl (C=O) groups is 1. The minimum absolute atomic E-state index is 0.170. The van der Waals surface area contributed by atoms with Crippen LogP contribution in [0.1, 0.15) is 296 Å². The molecule has 0 aromatic heterocycles. The van der Waals surface area contributed by atoms with Gasteiger partial charge in [-0.15, -0.1) is 0 Å². The highest BCUT2D eigenvalue weighted by molar-refractivity contribution is 5.76. The number of rotatable bonds is 51. The summed E-state index contributed by atoms with van der Waals surface area (Å²) >= 11 is 0. The third kappa shape index (κ3) is 38.3. The summed E-state index contributed by atoms with van der Waals surface area (Å²) in [4.78, 5) is 13.1. The van der Waals surface area contributed by atoms with E-state index in [4.69, 9.17) is 9.47 Å². The lowest BCUT2D eigenvalue weighted by atomic mass is 9.99. The zero-order chi connectivity index (χ0) is 48.7. The summed E-state index contributed by atoms with van der Waals surface area (Å²) in [6, 6.07) is -0.800. The molecule has 9 nitrogen and oxygen atoms in total. The molecule has 0 aliphatic carbocycles. The van der Waals surface area contributed by atoms with Crippen molar-refractivity contribution in [1.82, 2.24) is 5.32 Å². The first-order valence-corrected chi connectivity index (χ1v) is 29.4. The van der Waals surface area contributed by atoms with Crippen LogP contribution in [0.25, 0.3) is 0 Å². The Morgan fingerprint density at radius 1 is 0.493 bits per heavy atom. The van der Waals surface area contributed by atoms with Gasteiger partial charge in [0.2, 0.25) is 5.91 Å². The minimum atomic E-state index is -1.56. The number of aliphatic hydroxyl groups is 5. The van der Waals surface area contributed by atoms with Gasteiger partial charge >= 0.3 is 0 Å². The van der Waals surface area contributed by atoms with Gasteiger partial charge in [0.05, 0.1) is 25.4 Å². The fourth-order valence-electron chi connectivity index (χ4n) is 9.69. The number of hydrogen-bond donors (Lipinski definition) is 6. The van der Waals surface area contributed by atoms with Gasteiger partial charge in [0.15, 0.2) is 6.29 Å². The van der Waals surface area contributed by atoms with E-state index in [2.05, 4.69) is 19.2 Å². The number of ether oxygens (including phenoxy) is 2. The van der Waals surface area contributed by atoms with Crippen molar-refractivity contribution in [2.45, 2.75) is 339 Å². The highest BCUT2D eigenvalue weighted by atomic mass is 16.7. The predicted molar refractivity (Wildman–Crippen MR) is 281 cm³/mol. The molecule has 0 saturated carbocycles. The third-order valence-electron chi connectivity index (χ3n) is 14.4. The number of unbranched alkanes of at least 4 members (excludes halogenated alkanes) is 41. The van der Waals surface area contributed by atoms with Crippen molar-refractivity contribution in [1.29, 1.82) is 0 Å². The maximum Gasteiger partial charge on any atom is 0.220 e. The summed E-state index contributed by atoms with van der Waals surface area (Å²) in [5, 5.41) is 54.5. The van der Waals surface area contributed by atoms with Gasteiger partial charge in [-0.3, -0.25) is 4.79 Å². The van der Waals surface area contributed by atoms with Gasteiger partial charge in [-0.25, -0.2) is 0 Å². The van der Waals surface area contributed by atoms with Crippen molar-refractivity contribution in [2.75, 3.05) is 13.2 Å². The second kappa shape index (κ2) is 48.6. The van der Waals surface area contributed by atoms with Crippen LogP contribution in [-0.2, 0) is 14.3 Å². The zero-order valence-electron chi connectivity index (χ0n) is 44.2. The SMILES string of the molecule is CCCCCCCCCCCCCCCCCCCCCCCC/C=C/C(O)C(COC1OC(CO)C(O)C(O)C1O)NC(=O)CCCCCCCCCCCCCCCCCCCCCC. The molecule has 1 heterocycles. The van der Waals surface area contributed by atoms with Crippen molar-refractivity contribution in [2.24, 2.45) is 0 Å². The maximum atomic E-state index is 13.1. The van der Waals surface area contributed by atoms with Crippen LogP contribution in [0.15, 0.2) is 12.2 Å². The molecule has 6 N–H and O–H groups in total. The Bertz CT molecular complexity index is 1060. The van der Waals surface area contributed by atoms with Gasteiger partial charge in [0.1, 0.15) is 24.4 Å². The lowest BCUT2D eigenvalue weighted by Crippen LogP contribution is -2.60. The first-order chi connectivity index (χ1) is 32.8. The molecule has 1 aliphatic rings. The van der Waals surface area contributed by atoms with Crippen molar-refractivity contribution >= 4 is 5.91 Å². The lowest BCUT2D eigenvalue weighted by Gasteiger charge is -2.40. The molecule has 9 heteroatoms. The summed E-state index contributed by atoms with van der Waals surface area (Å²) in [5.41, 5.74) is 0. The average Bonchev–Trinajstić information content (AvgIpc) is 3.33. The summed E-state index contributed by atoms with van der Waals surface area (Å²) in [6.45, 7) is 3.83. The van der Waals surface area contributed by atoms with Crippen molar-refractivity contribution < 1.29 is 39.8 Å². The Balaban J connectivity index is 2.21. The van der Waals surface area contributed by atoms with E-state index in [0.29, 0.717) is 6.42 Å². The molecule has 0 aromatic rings. The molecule has 7 atom stereocenters. The van der Waals surface area contributed by atoms with E-state index in [0.717, 1.165) is 38.5 Å². The first kappa shape index (κ1) is 63.9. The van der Waals surface area contributed by atoms with E-state index >= 15 is 0 Å². The number of hydrogen-bond acceptors (Lipinski definition) is 8. The molecule has 1 fully saturated rings. The second-order valence-electron chi connectivity index (χ2n) is 20.8. The van der Waals surface area contributed by atoms with Crippen LogP contribution in [0.3, 0.4) is 0 Å². The average molecular weight is 953 g/mol. The van der Waals surface area contributed by atoms with E-state index in [-0.39, 0.29) is 12.5 Å². The fourth-order valence-corrected chi connectivity index (χ4v) is 9.69. The quantitative estimate of drug-likeness (QED) is 0.0261. The summed E-state index contributed by atoms with van der Waals surface area (Å²) in [5.74, 6) is -0.170. The molecule has 0 bridgehead atoms. The van der Waals surface area contributed by atoms with Crippen molar-refractivity contribution in [3.63, 3.8) is 0 Å². The van der Waals surface area contributed by atoms with Gasteiger partial charge < -0.3 is 40.3 Å². The highest BCUT2D eigenvalue weighted by Crippen LogP contribution is 2.23. The van der Waals surface area contributed by atoms with Gasteiger partial charge in [-0.2, -0.15) is 0 Å².